The second kappa shape index (κ2) is 11.3. The Hall–Kier alpha value is -2.56. The summed E-state index contributed by atoms with van der Waals surface area (Å²) in [6.07, 6.45) is 4.77. The van der Waals surface area contributed by atoms with Gasteiger partial charge in [0, 0.05) is 5.02 Å². The molecule has 4 rings (SSSR count). The van der Waals surface area contributed by atoms with Crippen LogP contribution < -0.4 is 15.9 Å². The maximum absolute atomic E-state index is 14.4. The van der Waals surface area contributed by atoms with Crippen LogP contribution in [0.1, 0.15) is 52.5 Å². The Morgan fingerprint density at radius 3 is 2.63 bits per heavy atom. The zero-order valence-electron chi connectivity index (χ0n) is 22.1. The van der Waals surface area contributed by atoms with E-state index in [9.17, 15) is 9.36 Å². The lowest BCUT2D eigenvalue weighted by Gasteiger charge is -2.34. The molecule has 38 heavy (non-hydrogen) atoms. The maximum Gasteiger partial charge on any atom is 0.326 e. The summed E-state index contributed by atoms with van der Waals surface area (Å²) in [5.74, 6) is -0.178. The van der Waals surface area contributed by atoms with Crippen LogP contribution in [0, 0.1) is 0 Å². The van der Waals surface area contributed by atoms with Crippen molar-refractivity contribution in [1.29, 1.82) is 0 Å². The van der Waals surface area contributed by atoms with Gasteiger partial charge in [-0.2, -0.15) is 0 Å². The van der Waals surface area contributed by atoms with Gasteiger partial charge in [-0.15, -0.1) is 0 Å². The molecule has 2 aromatic heterocycles. The number of hydrogen-bond donors (Lipinski definition) is 3. The van der Waals surface area contributed by atoms with Gasteiger partial charge in [0.2, 0.25) is 7.44 Å². The molecule has 2 atom stereocenters. The molecule has 0 amide bonds. The highest BCUT2D eigenvalue weighted by Crippen LogP contribution is 2.54. The molecule has 4 N–H and O–H groups in total. The second-order valence-electron chi connectivity index (χ2n) is 10.2. The standard InChI is InChI=1S/C25H35ClN7O4P/c1-5-12-36-23(34)24(3,4)31-38(35,32-25(10-11-25)18-6-8-19(26)9-7-18)16-37-17(2)13-33-15-30-20-21(27)28-14-29-22(20)33/h6-9,14-15,17H,5,10-13,16H2,1-4H3,(H2,27,28,29)(H2,31,32,35)/t17-,38-/m1/s1. The minimum absolute atomic E-state index is 0.155. The number of ether oxygens (including phenoxy) is 2. The SMILES string of the molecule is CCCOC(=O)C(C)(C)N[P@](=O)(CO[C@H](C)Cn1cnc2c(N)ncnc21)NC1(c2ccc(Cl)cc2)CC1. The fraction of sp³-hybridized carbons (Fsp3) is 0.520. The first-order valence-corrected chi connectivity index (χ1v) is 14.9. The Bertz CT molecular complexity index is 1330. The highest BCUT2D eigenvalue weighted by Gasteiger charge is 2.50. The molecule has 1 aromatic carbocycles. The van der Waals surface area contributed by atoms with Crippen LogP contribution in [-0.4, -0.2) is 50.1 Å². The molecule has 1 aliphatic carbocycles. The van der Waals surface area contributed by atoms with Crippen molar-refractivity contribution in [1.82, 2.24) is 29.7 Å². The smallest absolute Gasteiger partial charge is 0.326 e. The van der Waals surface area contributed by atoms with Gasteiger partial charge in [0.25, 0.3) is 0 Å². The molecule has 11 nitrogen and oxygen atoms in total. The number of aromatic nitrogens is 4. The molecular formula is C25H35ClN7O4P. The number of rotatable bonds is 13. The lowest BCUT2D eigenvalue weighted by molar-refractivity contribution is -0.149. The van der Waals surface area contributed by atoms with Crippen LogP contribution in [0.25, 0.3) is 11.2 Å². The zero-order chi connectivity index (χ0) is 27.6. The predicted molar refractivity (Wildman–Crippen MR) is 147 cm³/mol. The number of nitrogens with zero attached hydrogens (tertiary/aromatic N) is 4. The lowest BCUT2D eigenvalue weighted by atomic mass is 10.1. The number of nitrogens with two attached hydrogens (primary N) is 1. The first-order chi connectivity index (χ1) is 18.0. The number of hydrogen-bond acceptors (Lipinski definition) is 8. The van der Waals surface area contributed by atoms with Gasteiger partial charge in [-0.25, -0.2) is 25.1 Å². The number of carbonyl (C=O) groups excluding carboxylic acids is 1. The predicted octanol–water partition coefficient (Wildman–Crippen LogP) is 4.22. The lowest BCUT2D eigenvalue weighted by Crippen LogP contribution is -2.50. The highest BCUT2D eigenvalue weighted by molar-refractivity contribution is 7.59. The Labute approximate surface area is 227 Å². The number of fused-ring (bicyclic) bond motifs is 1. The number of imidazole rings is 1. The Morgan fingerprint density at radius 1 is 1.26 bits per heavy atom. The van der Waals surface area contributed by atoms with E-state index in [0.717, 1.165) is 18.4 Å². The van der Waals surface area contributed by atoms with E-state index in [1.165, 1.54) is 6.33 Å². The number of halogens is 1. The average molecular weight is 564 g/mol. The van der Waals surface area contributed by atoms with E-state index < -0.39 is 24.5 Å². The van der Waals surface area contributed by atoms with E-state index >= 15 is 0 Å². The third kappa shape index (κ3) is 6.52. The minimum atomic E-state index is -3.49. The normalized spacial score (nSPS) is 17.2. The van der Waals surface area contributed by atoms with Gasteiger partial charge < -0.3 is 19.8 Å². The van der Waals surface area contributed by atoms with Crippen LogP contribution in [0.15, 0.2) is 36.9 Å². The molecule has 206 valence electrons. The van der Waals surface area contributed by atoms with Gasteiger partial charge in [-0.05, 0) is 57.7 Å². The van der Waals surface area contributed by atoms with Crippen LogP contribution >= 0.6 is 19.0 Å². The molecule has 0 radical (unpaired) electrons. The van der Waals surface area contributed by atoms with Crippen molar-refractivity contribution in [2.45, 2.75) is 70.7 Å². The summed E-state index contributed by atoms with van der Waals surface area (Å²) in [7, 11) is -3.49. The van der Waals surface area contributed by atoms with Crippen LogP contribution in [0.2, 0.25) is 5.02 Å². The average Bonchev–Trinajstić information content (AvgIpc) is 3.52. The van der Waals surface area contributed by atoms with Crippen molar-refractivity contribution in [2.75, 3.05) is 18.7 Å². The quantitative estimate of drug-likeness (QED) is 0.204. The molecule has 0 bridgehead atoms. The van der Waals surface area contributed by atoms with E-state index in [-0.39, 0.29) is 19.1 Å². The number of nitrogen functional groups attached to an aromatic ring is 1. The summed E-state index contributed by atoms with van der Waals surface area (Å²) in [4.78, 5) is 25.3. The van der Waals surface area contributed by atoms with Crippen molar-refractivity contribution in [3.05, 3.63) is 47.5 Å². The Balaban J connectivity index is 1.52. The first kappa shape index (κ1) is 28.4. The van der Waals surface area contributed by atoms with E-state index in [0.29, 0.717) is 35.0 Å². The van der Waals surface area contributed by atoms with Gasteiger partial charge in [0.05, 0.1) is 31.1 Å². The first-order valence-electron chi connectivity index (χ1n) is 12.6. The van der Waals surface area contributed by atoms with Crippen molar-refractivity contribution >= 4 is 42.0 Å². The highest BCUT2D eigenvalue weighted by atomic mass is 35.5. The van der Waals surface area contributed by atoms with Gasteiger partial charge >= 0.3 is 5.97 Å². The monoisotopic (exact) mass is 563 g/mol. The van der Waals surface area contributed by atoms with Crippen molar-refractivity contribution in [2.24, 2.45) is 0 Å². The fourth-order valence-electron chi connectivity index (χ4n) is 4.26. The molecule has 1 fully saturated rings. The third-order valence-corrected chi connectivity index (χ3v) is 8.85. The zero-order valence-corrected chi connectivity index (χ0v) is 23.8. The maximum atomic E-state index is 14.4. The van der Waals surface area contributed by atoms with Gasteiger partial charge in [-0.1, -0.05) is 30.7 Å². The molecule has 0 spiro atoms. The number of anilines is 1. The molecule has 0 unspecified atom stereocenters. The number of benzene rings is 1. The van der Waals surface area contributed by atoms with Crippen LogP contribution in [0.5, 0.6) is 0 Å². The second-order valence-corrected chi connectivity index (χ2v) is 12.9. The topological polar surface area (TPSA) is 146 Å². The van der Waals surface area contributed by atoms with Crippen LogP contribution in [-0.2, 0) is 30.9 Å². The minimum Gasteiger partial charge on any atom is -0.464 e. The van der Waals surface area contributed by atoms with E-state index in [1.54, 1.807) is 20.2 Å². The molecule has 13 heteroatoms. The van der Waals surface area contributed by atoms with Crippen molar-refractivity contribution < 1.29 is 18.8 Å². The summed E-state index contributed by atoms with van der Waals surface area (Å²) in [5.41, 5.74) is 6.26. The largest absolute Gasteiger partial charge is 0.464 e. The van der Waals surface area contributed by atoms with Crippen LogP contribution in [0.3, 0.4) is 0 Å². The number of nitrogens with one attached hydrogen (secondary N) is 2. The fourth-order valence-corrected chi connectivity index (χ4v) is 7.08. The summed E-state index contributed by atoms with van der Waals surface area (Å²) in [5, 5.41) is 7.04. The Morgan fingerprint density at radius 2 is 1.97 bits per heavy atom. The molecule has 3 aromatic rings. The number of carbonyl (C=O) groups is 1. The summed E-state index contributed by atoms with van der Waals surface area (Å²) < 4.78 is 27.7. The van der Waals surface area contributed by atoms with Gasteiger partial charge in [0.1, 0.15) is 23.7 Å². The number of esters is 1. The molecule has 0 aliphatic heterocycles. The van der Waals surface area contributed by atoms with E-state index in [4.69, 9.17) is 26.8 Å². The molecule has 1 saturated carbocycles. The molecule has 1 aliphatic rings. The van der Waals surface area contributed by atoms with Crippen LogP contribution in [0.4, 0.5) is 5.82 Å². The molecule has 0 saturated heterocycles. The van der Waals surface area contributed by atoms with E-state index in [2.05, 4.69) is 25.1 Å². The summed E-state index contributed by atoms with van der Waals surface area (Å²) in [6.45, 7) is 7.79. The van der Waals surface area contributed by atoms with Gasteiger partial charge in [-0.3, -0.25) is 9.36 Å². The molecule has 2 heterocycles. The summed E-state index contributed by atoms with van der Waals surface area (Å²) >= 11 is 6.09. The van der Waals surface area contributed by atoms with Crippen molar-refractivity contribution in [3.8, 4) is 0 Å². The molecular weight excluding hydrogens is 529 g/mol. The van der Waals surface area contributed by atoms with Crippen molar-refractivity contribution in [3.63, 3.8) is 0 Å². The van der Waals surface area contributed by atoms with E-state index in [1.807, 2.05) is 42.7 Å². The Kier molecular flexibility index (Phi) is 8.44. The summed E-state index contributed by atoms with van der Waals surface area (Å²) in [6, 6.07) is 7.48. The third-order valence-electron chi connectivity index (χ3n) is 6.37. The van der Waals surface area contributed by atoms with Gasteiger partial charge in [0.15, 0.2) is 11.5 Å².